The van der Waals surface area contributed by atoms with Gasteiger partial charge in [0.05, 0.1) is 11.7 Å². The monoisotopic (exact) mass is 291 g/mol. The van der Waals surface area contributed by atoms with Crippen molar-refractivity contribution in [3.8, 4) is 0 Å². The van der Waals surface area contributed by atoms with Gasteiger partial charge < -0.3 is 21.5 Å². The molecule has 116 valence electrons. The largest absolute Gasteiger partial charge is 0.399 e. The first kappa shape index (κ1) is 15.6. The van der Waals surface area contributed by atoms with Crippen LogP contribution >= 0.6 is 0 Å². The van der Waals surface area contributed by atoms with E-state index in [2.05, 4.69) is 10.6 Å². The number of carbonyl (C=O) groups excluding carboxylic acids is 1. The standard InChI is InChI=1S/C16H25N3O2/c1-2-18-16(21)13-8-7-12(17)9-14(13)19-10-11-5-3-4-6-15(11)20/h7-9,11,15,19-20H,2-6,10,17H2,1H3,(H,18,21). The Morgan fingerprint density at radius 1 is 1.38 bits per heavy atom. The van der Waals surface area contributed by atoms with Crippen molar-refractivity contribution >= 4 is 17.3 Å². The normalized spacial score (nSPS) is 21.8. The lowest BCUT2D eigenvalue weighted by Crippen LogP contribution is -2.31. The Balaban J connectivity index is 2.07. The van der Waals surface area contributed by atoms with Crippen molar-refractivity contribution < 1.29 is 9.90 Å². The predicted molar refractivity (Wildman–Crippen MR) is 85.3 cm³/mol. The number of nitrogen functional groups attached to an aromatic ring is 1. The van der Waals surface area contributed by atoms with Gasteiger partial charge in [-0.25, -0.2) is 0 Å². The lowest BCUT2D eigenvalue weighted by Gasteiger charge is -2.28. The van der Waals surface area contributed by atoms with E-state index >= 15 is 0 Å². The molecule has 1 amide bonds. The number of aliphatic hydroxyl groups excluding tert-OH is 1. The molecule has 21 heavy (non-hydrogen) atoms. The molecule has 2 rings (SSSR count). The molecule has 5 heteroatoms. The Bertz CT molecular complexity index is 490. The van der Waals surface area contributed by atoms with Crippen molar-refractivity contribution in [2.75, 3.05) is 24.1 Å². The van der Waals surface area contributed by atoms with Gasteiger partial charge in [0.15, 0.2) is 0 Å². The maximum Gasteiger partial charge on any atom is 0.253 e. The minimum Gasteiger partial charge on any atom is -0.399 e. The van der Waals surface area contributed by atoms with Gasteiger partial charge in [0, 0.05) is 30.4 Å². The first-order chi connectivity index (χ1) is 10.1. The van der Waals surface area contributed by atoms with Gasteiger partial charge in [0.1, 0.15) is 0 Å². The van der Waals surface area contributed by atoms with Crippen LogP contribution in [0.1, 0.15) is 43.0 Å². The minimum absolute atomic E-state index is 0.107. The van der Waals surface area contributed by atoms with Gasteiger partial charge in [0.25, 0.3) is 5.91 Å². The number of aliphatic hydroxyl groups is 1. The number of rotatable bonds is 5. The number of nitrogens with two attached hydrogens (primary N) is 1. The molecule has 1 aliphatic rings. The van der Waals surface area contributed by atoms with Crippen LogP contribution in [-0.2, 0) is 0 Å². The maximum absolute atomic E-state index is 12.1. The zero-order valence-electron chi connectivity index (χ0n) is 12.6. The Morgan fingerprint density at radius 2 is 2.14 bits per heavy atom. The highest BCUT2D eigenvalue weighted by atomic mass is 16.3. The highest BCUT2D eigenvalue weighted by Crippen LogP contribution is 2.26. The van der Waals surface area contributed by atoms with E-state index in [9.17, 15) is 9.90 Å². The first-order valence-corrected chi connectivity index (χ1v) is 7.71. The Morgan fingerprint density at radius 3 is 2.86 bits per heavy atom. The molecule has 0 spiro atoms. The van der Waals surface area contributed by atoms with Crippen LogP contribution in [0.25, 0.3) is 0 Å². The molecule has 0 bridgehead atoms. The average Bonchev–Trinajstić information content (AvgIpc) is 2.46. The van der Waals surface area contributed by atoms with Crippen LogP contribution < -0.4 is 16.4 Å². The zero-order valence-corrected chi connectivity index (χ0v) is 12.6. The van der Waals surface area contributed by atoms with Gasteiger partial charge in [-0.15, -0.1) is 0 Å². The van der Waals surface area contributed by atoms with E-state index in [0.29, 0.717) is 24.3 Å². The molecule has 0 saturated heterocycles. The summed E-state index contributed by atoms with van der Waals surface area (Å²) in [6, 6.07) is 5.24. The third kappa shape index (κ3) is 4.11. The number of anilines is 2. The second kappa shape index (κ2) is 7.31. The SMILES string of the molecule is CCNC(=O)c1ccc(N)cc1NCC1CCCCC1O. The smallest absolute Gasteiger partial charge is 0.253 e. The molecule has 2 unspecified atom stereocenters. The van der Waals surface area contributed by atoms with Gasteiger partial charge in [-0.05, 0) is 38.0 Å². The van der Waals surface area contributed by atoms with Gasteiger partial charge in [0.2, 0.25) is 0 Å². The number of benzene rings is 1. The topological polar surface area (TPSA) is 87.4 Å². The fourth-order valence-corrected chi connectivity index (χ4v) is 2.83. The molecule has 0 radical (unpaired) electrons. The predicted octanol–water partition coefficient (Wildman–Crippen LogP) is 1.98. The van der Waals surface area contributed by atoms with Crippen LogP contribution in [0.5, 0.6) is 0 Å². The van der Waals surface area contributed by atoms with Gasteiger partial charge in [-0.1, -0.05) is 12.8 Å². The second-order valence-electron chi connectivity index (χ2n) is 5.66. The lowest BCUT2D eigenvalue weighted by atomic mass is 9.86. The summed E-state index contributed by atoms with van der Waals surface area (Å²) in [4.78, 5) is 12.1. The Hall–Kier alpha value is -1.75. The third-order valence-electron chi connectivity index (χ3n) is 4.05. The molecule has 1 aliphatic carbocycles. The van der Waals surface area contributed by atoms with Crippen molar-refractivity contribution in [2.24, 2.45) is 5.92 Å². The molecule has 0 aromatic heterocycles. The summed E-state index contributed by atoms with van der Waals surface area (Å²) in [7, 11) is 0. The second-order valence-corrected chi connectivity index (χ2v) is 5.66. The molecular weight excluding hydrogens is 266 g/mol. The van der Waals surface area contributed by atoms with Crippen molar-refractivity contribution in [1.29, 1.82) is 0 Å². The van der Waals surface area contributed by atoms with Crippen LogP contribution in [0.3, 0.4) is 0 Å². The van der Waals surface area contributed by atoms with Crippen LogP contribution in [0.2, 0.25) is 0 Å². The summed E-state index contributed by atoms with van der Waals surface area (Å²) in [5.41, 5.74) is 7.77. The molecule has 1 aromatic rings. The van der Waals surface area contributed by atoms with Crippen LogP contribution in [0.15, 0.2) is 18.2 Å². The van der Waals surface area contributed by atoms with Crippen molar-refractivity contribution in [1.82, 2.24) is 5.32 Å². The van der Waals surface area contributed by atoms with Crippen molar-refractivity contribution in [3.63, 3.8) is 0 Å². The van der Waals surface area contributed by atoms with Crippen molar-refractivity contribution in [2.45, 2.75) is 38.7 Å². The van der Waals surface area contributed by atoms with E-state index in [4.69, 9.17) is 5.73 Å². The zero-order chi connectivity index (χ0) is 15.2. The van der Waals surface area contributed by atoms with E-state index in [1.165, 1.54) is 0 Å². The molecule has 5 nitrogen and oxygen atoms in total. The molecule has 1 saturated carbocycles. The number of nitrogens with one attached hydrogen (secondary N) is 2. The molecule has 2 atom stereocenters. The number of hydrogen-bond donors (Lipinski definition) is 4. The van der Waals surface area contributed by atoms with E-state index in [1.807, 2.05) is 6.92 Å². The first-order valence-electron chi connectivity index (χ1n) is 7.71. The summed E-state index contributed by atoms with van der Waals surface area (Å²) in [6.45, 7) is 3.14. The highest BCUT2D eigenvalue weighted by Gasteiger charge is 2.23. The molecule has 5 N–H and O–H groups in total. The minimum atomic E-state index is -0.250. The summed E-state index contributed by atoms with van der Waals surface area (Å²) < 4.78 is 0. The molecule has 0 heterocycles. The summed E-state index contributed by atoms with van der Waals surface area (Å²) in [5.74, 6) is 0.131. The summed E-state index contributed by atoms with van der Waals surface area (Å²) >= 11 is 0. The van der Waals surface area contributed by atoms with Crippen LogP contribution in [0.4, 0.5) is 11.4 Å². The fraction of sp³-hybridized carbons (Fsp3) is 0.562. The quantitative estimate of drug-likeness (QED) is 0.625. The van der Waals surface area contributed by atoms with E-state index in [0.717, 1.165) is 31.4 Å². The van der Waals surface area contributed by atoms with Crippen molar-refractivity contribution in [3.05, 3.63) is 23.8 Å². The van der Waals surface area contributed by atoms with E-state index < -0.39 is 0 Å². The third-order valence-corrected chi connectivity index (χ3v) is 4.05. The van der Waals surface area contributed by atoms with Gasteiger partial charge >= 0.3 is 0 Å². The Labute approximate surface area is 125 Å². The maximum atomic E-state index is 12.1. The summed E-state index contributed by atoms with van der Waals surface area (Å²) in [5, 5.41) is 16.1. The molecule has 1 aromatic carbocycles. The number of amides is 1. The molecular formula is C16H25N3O2. The number of hydrogen-bond acceptors (Lipinski definition) is 4. The van der Waals surface area contributed by atoms with Crippen LogP contribution in [0, 0.1) is 5.92 Å². The highest BCUT2D eigenvalue weighted by molar-refractivity contribution is 6.00. The fourth-order valence-electron chi connectivity index (χ4n) is 2.83. The van der Waals surface area contributed by atoms with E-state index in [1.54, 1.807) is 18.2 Å². The molecule has 1 fully saturated rings. The Kier molecular flexibility index (Phi) is 5.44. The average molecular weight is 291 g/mol. The lowest BCUT2D eigenvalue weighted by molar-refractivity contribution is 0.0763. The number of carbonyl (C=O) groups is 1. The van der Waals surface area contributed by atoms with Gasteiger partial charge in [-0.3, -0.25) is 4.79 Å². The molecule has 0 aliphatic heterocycles. The van der Waals surface area contributed by atoms with Crippen LogP contribution in [-0.4, -0.2) is 30.2 Å². The van der Waals surface area contributed by atoms with E-state index in [-0.39, 0.29) is 17.9 Å². The van der Waals surface area contributed by atoms with Gasteiger partial charge in [-0.2, -0.15) is 0 Å². The summed E-state index contributed by atoms with van der Waals surface area (Å²) in [6.07, 6.45) is 3.89.